The van der Waals surface area contributed by atoms with Crippen molar-refractivity contribution < 1.29 is 4.79 Å². The average molecular weight is 332 g/mol. The van der Waals surface area contributed by atoms with E-state index >= 15 is 0 Å². The van der Waals surface area contributed by atoms with Gasteiger partial charge >= 0.3 is 0 Å². The molecular formula is C17H24N4OS. The number of benzene rings is 1. The summed E-state index contributed by atoms with van der Waals surface area (Å²) in [6.45, 7) is 9.88. The maximum Gasteiger partial charge on any atom is 0.233 e. The number of H-pyrrole nitrogens is 1. The smallest absolute Gasteiger partial charge is 0.233 e. The molecule has 1 heterocycles. The quantitative estimate of drug-likeness (QED) is 0.823. The molecule has 0 bridgehead atoms. The van der Waals surface area contributed by atoms with Gasteiger partial charge in [-0.1, -0.05) is 43.0 Å². The Labute approximate surface area is 141 Å². The van der Waals surface area contributed by atoms with E-state index in [1.165, 1.54) is 17.3 Å². The predicted molar refractivity (Wildman–Crippen MR) is 94.4 cm³/mol. The molecule has 0 unspecified atom stereocenters. The molecule has 2 aromatic rings. The van der Waals surface area contributed by atoms with Crippen molar-refractivity contribution in [3.63, 3.8) is 0 Å². The van der Waals surface area contributed by atoms with E-state index in [0.717, 1.165) is 17.8 Å². The van der Waals surface area contributed by atoms with Gasteiger partial charge in [-0.3, -0.25) is 9.89 Å². The lowest BCUT2D eigenvalue weighted by Gasteiger charge is -2.22. The molecule has 2 N–H and O–H groups in total. The molecule has 0 fully saturated rings. The minimum absolute atomic E-state index is 0.0128. The number of rotatable bonds is 5. The number of carbonyl (C=O) groups is 1. The maximum atomic E-state index is 12.1. The van der Waals surface area contributed by atoms with Crippen molar-refractivity contribution in [2.75, 3.05) is 0 Å². The summed E-state index contributed by atoms with van der Waals surface area (Å²) in [7, 11) is 0. The lowest BCUT2D eigenvalue weighted by molar-refractivity contribution is -0.121. The molecule has 1 atom stereocenters. The first-order valence-electron chi connectivity index (χ1n) is 7.79. The number of nitrogens with one attached hydrogen (secondary N) is 2. The van der Waals surface area contributed by atoms with Crippen LogP contribution in [0, 0.1) is 0 Å². The molecule has 2 rings (SSSR count). The Balaban J connectivity index is 2.02. The summed E-state index contributed by atoms with van der Waals surface area (Å²) in [6, 6.07) is 8.24. The second-order valence-electron chi connectivity index (χ2n) is 6.52. The summed E-state index contributed by atoms with van der Waals surface area (Å²) in [6.07, 6.45) is 1.01. The molecule has 6 heteroatoms. The second-order valence-corrected chi connectivity index (χ2v) is 7.82. The van der Waals surface area contributed by atoms with Crippen molar-refractivity contribution in [3.8, 4) is 11.4 Å². The first-order chi connectivity index (χ1) is 10.8. The fraction of sp³-hybridized carbons (Fsp3) is 0.471. The molecule has 23 heavy (non-hydrogen) atoms. The summed E-state index contributed by atoms with van der Waals surface area (Å²) in [5.74, 6) is 0.708. The number of amides is 1. The summed E-state index contributed by atoms with van der Waals surface area (Å²) >= 11 is 1.35. The van der Waals surface area contributed by atoms with Gasteiger partial charge in [0.2, 0.25) is 11.1 Å². The third kappa shape index (κ3) is 5.10. The molecule has 0 aliphatic heterocycles. The largest absolute Gasteiger partial charge is 0.351 e. The molecule has 0 spiro atoms. The Morgan fingerprint density at radius 2 is 1.96 bits per heavy atom. The second kappa shape index (κ2) is 7.17. The molecule has 124 valence electrons. The number of carbonyl (C=O) groups excluding carboxylic acids is 1. The van der Waals surface area contributed by atoms with Crippen LogP contribution in [0.15, 0.2) is 29.4 Å². The van der Waals surface area contributed by atoms with E-state index in [-0.39, 0.29) is 16.7 Å². The Morgan fingerprint density at radius 3 is 2.52 bits per heavy atom. The van der Waals surface area contributed by atoms with Gasteiger partial charge in [0.25, 0.3) is 0 Å². The third-order valence-electron chi connectivity index (χ3n) is 3.25. The van der Waals surface area contributed by atoms with Crippen molar-refractivity contribution >= 4 is 17.7 Å². The van der Waals surface area contributed by atoms with E-state index < -0.39 is 0 Å². The Kier molecular flexibility index (Phi) is 5.46. The number of aryl methyl sites for hydroxylation is 1. The Morgan fingerprint density at radius 1 is 1.30 bits per heavy atom. The van der Waals surface area contributed by atoms with Crippen molar-refractivity contribution in [1.82, 2.24) is 20.5 Å². The zero-order chi connectivity index (χ0) is 17.0. The van der Waals surface area contributed by atoms with Gasteiger partial charge in [0.1, 0.15) is 0 Å². The van der Waals surface area contributed by atoms with Crippen LogP contribution in [0.3, 0.4) is 0 Å². The van der Waals surface area contributed by atoms with Gasteiger partial charge in [0.05, 0.1) is 5.25 Å². The fourth-order valence-corrected chi connectivity index (χ4v) is 2.73. The molecule has 0 aliphatic carbocycles. The third-order valence-corrected chi connectivity index (χ3v) is 4.21. The minimum atomic E-state index is -0.250. The van der Waals surface area contributed by atoms with Crippen LogP contribution in [-0.2, 0) is 11.2 Å². The molecule has 5 nitrogen and oxygen atoms in total. The first kappa shape index (κ1) is 17.5. The number of aromatic amines is 1. The van der Waals surface area contributed by atoms with Crippen LogP contribution in [0.25, 0.3) is 11.4 Å². The molecule has 1 aromatic heterocycles. The topological polar surface area (TPSA) is 70.7 Å². The van der Waals surface area contributed by atoms with E-state index in [2.05, 4.69) is 39.6 Å². The minimum Gasteiger partial charge on any atom is -0.351 e. The summed E-state index contributed by atoms with van der Waals surface area (Å²) < 4.78 is 0. The predicted octanol–water partition coefficient (Wildman–Crippen LogP) is 3.43. The standard InChI is InChI=1S/C17H24N4OS/c1-6-12-7-9-13(10-8-12)14-18-16(21-20-14)23-11(2)15(22)19-17(3,4)5/h7-11H,6H2,1-5H3,(H,19,22)(H,18,20,21)/t11-/m1/s1. The van der Waals surface area contributed by atoms with Gasteiger partial charge in [-0.25, -0.2) is 4.98 Å². The van der Waals surface area contributed by atoms with E-state index in [4.69, 9.17) is 0 Å². The van der Waals surface area contributed by atoms with Crippen molar-refractivity contribution in [1.29, 1.82) is 0 Å². The molecule has 0 aliphatic rings. The number of hydrogen-bond donors (Lipinski definition) is 2. The lowest BCUT2D eigenvalue weighted by Crippen LogP contribution is -2.44. The SMILES string of the molecule is CCc1ccc(-c2nc(S[C@H](C)C(=O)NC(C)(C)C)n[nH]2)cc1. The maximum absolute atomic E-state index is 12.1. The van der Waals surface area contributed by atoms with Gasteiger partial charge in [-0.05, 0) is 39.7 Å². The Bertz CT molecular complexity index is 658. The number of aromatic nitrogens is 3. The molecule has 0 radical (unpaired) electrons. The van der Waals surface area contributed by atoms with Gasteiger partial charge in [-0.15, -0.1) is 5.10 Å². The highest BCUT2D eigenvalue weighted by molar-refractivity contribution is 8.00. The van der Waals surface area contributed by atoms with Gasteiger partial charge in [0, 0.05) is 11.1 Å². The van der Waals surface area contributed by atoms with E-state index in [0.29, 0.717) is 5.16 Å². The van der Waals surface area contributed by atoms with Crippen LogP contribution in [0.5, 0.6) is 0 Å². The highest BCUT2D eigenvalue weighted by Gasteiger charge is 2.21. The first-order valence-corrected chi connectivity index (χ1v) is 8.67. The molecule has 0 saturated carbocycles. The average Bonchev–Trinajstić information content (AvgIpc) is 2.94. The number of nitrogens with zero attached hydrogens (tertiary/aromatic N) is 2. The fourth-order valence-electron chi connectivity index (χ4n) is 2.01. The number of thioether (sulfide) groups is 1. The molecule has 1 aromatic carbocycles. The Hall–Kier alpha value is -1.82. The highest BCUT2D eigenvalue weighted by Crippen LogP contribution is 2.23. The summed E-state index contributed by atoms with van der Waals surface area (Å²) in [4.78, 5) is 16.6. The van der Waals surface area contributed by atoms with Crippen LogP contribution < -0.4 is 5.32 Å². The van der Waals surface area contributed by atoms with Crippen LogP contribution in [0.4, 0.5) is 0 Å². The van der Waals surface area contributed by atoms with Gasteiger partial charge < -0.3 is 5.32 Å². The molecule has 0 saturated heterocycles. The van der Waals surface area contributed by atoms with E-state index in [9.17, 15) is 4.79 Å². The van der Waals surface area contributed by atoms with Crippen LogP contribution in [0.2, 0.25) is 0 Å². The normalized spacial score (nSPS) is 12.9. The van der Waals surface area contributed by atoms with E-state index in [1.54, 1.807) is 0 Å². The van der Waals surface area contributed by atoms with Crippen molar-refractivity contribution in [2.24, 2.45) is 0 Å². The zero-order valence-corrected chi connectivity index (χ0v) is 15.1. The number of hydrogen-bond acceptors (Lipinski definition) is 4. The summed E-state index contributed by atoms with van der Waals surface area (Å²) in [5, 5.41) is 10.4. The van der Waals surface area contributed by atoms with Crippen LogP contribution >= 0.6 is 11.8 Å². The van der Waals surface area contributed by atoms with Crippen LogP contribution in [0.1, 0.15) is 40.2 Å². The highest BCUT2D eigenvalue weighted by atomic mass is 32.2. The van der Waals surface area contributed by atoms with Gasteiger partial charge in [-0.2, -0.15) is 0 Å². The summed E-state index contributed by atoms with van der Waals surface area (Å²) in [5.41, 5.74) is 2.04. The zero-order valence-electron chi connectivity index (χ0n) is 14.3. The van der Waals surface area contributed by atoms with Crippen LogP contribution in [-0.4, -0.2) is 31.9 Å². The van der Waals surface area contributed by atoms with Gasteiger partial charge in [0.15, 0.2) is 5.82 Å². The lowest BCUT2D eigenvalue weighted by atomic mass is 10.1. The monoisotopic (exact) mass is 332 g/mol. The van der Waals surface area contributed by atoms with Crippen molar-refractivity contribution in [2.45, 2.75) is 57.0 Å². The van der Waals surface area contributed by atoms with E-state index in [1.807, 2.05) is 39.8 Å². The molecular weight excluding hydrogens is 308 g/mol. The van der Waals surface area contributed by atoms with Crippen molar-refractivity contribution in [3.05, 3.63) is 29.8 Å². The molecule has 1 amide bonds.